The molecule has 1 heterocycles. The van der Waals surface area contributed by atoms with Crippen LogP contribution < -0.4 is 15.5 Å². The zero-order chi connectivity index (χ0) is 19.1. The van der Waals surface area contributed by atoms with Crippen LogP contribution in [0.3, 0.4) is 0 Å². The molecule has 3 N–H and O–H groups in total. The highest BCUT2D eigenvalue weighted by molar-refractivity contribution is 5.88. The van der Waals surface area contributed by atoms with Gasteiger partial charge < -0.3 is 20.3 Å². The average molecular weight is 375 g/mol. The molecular weight excluding hydrogens is 342 g/mol. The summed E-state index contributed by atoms with van der Waals surface area (Å²) in [6.45, 7) is 5.97. The van der Waals surface area contributed by atoms with Crippen LogP contribution in [-0.4, -0.2) is 50.2 Å². The molecule has 0 radical (unpaired) electrons. The Balaban J connectivity index is 1.55. The maximum Gasteiger partial charge on any atom is 0.224 e. The van der Waals surface area contributed by atoms with Crippen LogP contribution in [0.1, 0.15) is 44.6 Å². The first-order chi connectivity index (χ1) is 13.1. The first-order valence-corrected chi connectivity index (χ1v) is 10.1. The Bertz CT molecular complexity index is 633. The van der Waals surface area contributed by atoms with E-state index in [0.717, 1.165) is 44.1 Å². The lowest BCUT2D eigenvalue weighted by atomic mass is 9.79. The Morgan fingerprint density at radius 3 is 2.37 bits per heavy atom. The van der Waals surface area contributed by atoms with E-state index in [1.807, 2.05) is 24.3 Å². The smallest absolute Gasteiger partial charge is 0.224 e. The van der Waals surface area contributed by atoms with Gasteiger partial charge >= 0.3 is 0 Å². The average Bonchev–Trinajstić information content (AvgIpc) is 2.69. The molecule has 1 aliphatic carbocycles. The highest BCUT2D eigenvalue weighted by Crippen LogP contribution is 2.25. The number of amides is 2. The minimum atomic E-state index is -0.0936. The number of carbonyl (C=O) groups excluding carboxylic acids is 2. The Morgan fingerprint density at radius 2 is 1.74 bits per heavy atom. The summed E-state index contributed by atoms with van der Waals surface area (Å²) in [4.78, 5) is 25.2. The third-order valence-corrected chi connectivity index (χ3v) is 5.92. The summed E-state index contributed by atoms with van der Waals surface area (Å²) in [7, 11) is 0. The minimum absolute atomic E-state index is 0.0693. The normalized spacial score (nSPS) is 20.0. The summed E-state index contributed by atoms with van der Waals surface area (Å²) < 4.78 is 5.54. The van der Waals surface area contributed by atoms with Gasteiger partial charge in [-0.25, -0.2) is 0 Å². The fourth-order valence-corrected chi connectivity index (χ4v) is 4.46. The molecule has 6 nitrogen and oxygen atoms in total. The SMILES string of the molecule is CC(=O)Nc1ccc(CC(=O)NCC2([NH+]3CCOCC3)CCCCC2)cc1. The summed E-state index contributed by atoms with van der Waals surface area (Å²) >= 11 is 0. The van der Waals surface area contributed by atoms with E-state index in [2.05, 4.69) is 10.6 Å². The monoisotopic (exact) mass is 374 g/mol. The summed E-state index contributed by atoms with van der Waals surface area (Å²) in [5.41, 5.74) is 1.88. The number of hydrogen-bond donors (Lipinski definition) is 3. The number of benzene rings is 1. The lowest BCUT2D eigenvalue weighted by molar-refractivity contribution is -0.960. The number of hydrogen-bond acceptors (Lipinski definition) is 3. The fraction of sp³-hybridized carbons (Fsp3) is 0.619. The molecule has 0 aromatic heterocycles. The predicted octanol–water partition coefficient (Wildman–Crippen LogP) is 0.922. The zero-order valence-corrected chi connectivity index (χ0v) is 16.3. The third-order valence-electron chi connectivity index (χ3n) is 5.92. The predicted molar refractivity (Wildman–Crippen MR) is 105 cm³/mol. The molecular formula is C21H32N3O3+. The van der Waals surface area contributed by atoms with Gasteiger partial charge in [-0.05, 0) is 30.5 Å². The topological polar surface area (TPSA) is 71.9 Å². The first-order valence-electron chi connectivity index (χ1n) is 10.1. The van der Waals surface area contributed by atoms with Gasteiger partial charge in [0.25, 0.3) is 0 Å². The molecule has 1 saturated heterocycles. The van der Waals surface area contributed by atoms with E-state index in [0.29, 0.717) is 6.42 Å². The van der Waals surface area contributed by atoms with Crippen LogP contribution in [0.5, 0.6) is 0 Å². The van der Waals surface area contributed by atoms with Gasteiger partial charge in [0, 0.05) is 25.5 Å². The van der Waals surface area contributed by atoms with Crippen molar-refractivity contribution >= 4 is 17.5 Å². The van der Waals surface area contributed by atoms with E-state index in [1.165, 1.54) is 39.0 Å². The number of anilines is 1. The molecule has 1 aliphatic heterocycles. The summed E-state index contributed by atoms with van der Waals surface area (Å²) in [6, 6.07) is 7.47. The molecule has 1 aromatic carbocycles. The largest absolute Gasteiger partial charge is 0.370 e. The van der Waals surface area contributed by atoms with Gasteiger partial charge in [-0.2, -0.15) is 0 Å². The Hall–Kier alpha value is -1.92. The van der Waals surface area contributed by atoms with Crippen molar-refractivity contribution in [2.24, 2.45) is 0 Å². The molecule has 2 fully saturated rings. The van der Waals surface area contributed by atoms with Crippen LogP contribution in [0.25, 0.3) is 0 Å². The van der Waals surface area contributed by atoms with E-state index < -0.39 is 0 Å². The molecule has 0 bridgehead atoms. The van der Waals surface area contributed by atoms with E-state index in [1.54, 1.807) is 4.90 Å². The minimum Gasteiger partial charge on any atom is -0.370 e. The van der Waals surface area contributed by atoms with Crippen LogP contribution in [0.15, 0.2) is 24.3 Å². The van der Waals surface area contributed by atoms with E-state index in [-0.39, 0.29) is 17.4 Å². The highest BCUT2D eigenvalue weighted by atomic mass is 16.5. The number of rotatable bonds is 6. The second-order valence-corrected chi connectivity index (χ2v) is 7.89. The third kappa shape index (κ3) is 5.53. The van der Waals surface area contributed by atoms with Gasteiger partial charge in [0.2, 0.25) is 11.8 Å². The number of nitrogens with one attached hydrogen (secondary N) is 3. The van der Waals surface area contributed by atoms with Crippen molar-refractivity contribution in [3.05, 3.63) is 29.8 Å². The number of quaternary nitrogens is 1. The van der Waals surface area contributed by atoms with Crippen LogP contribution in [-0.2, 0) is 20.7 Å². The summed E-state index contributed by atoms with van der Waals surface area (Å²) in [5, 5.41) is 5.96. The maximum absolute atomic E-state index is 12.5. The maximum atomic E-state index is 12.5. The molecule has 0 atom stereocenters. The molecule has 1 saturated carbocycles. The number of morpholine rings is 1. The zero-order valence-electron chi connectivity index (χ0n) is 16.3. The lowest BCUT2D eigenvalue weighted by Gasteiger charge is -2.45. The van der Waals surface area contributed by atoms with Gasteiger partial charge in [0.15, 0.2) is 0 Å². The molecule has 148 valence electrons. The Morgan fingerprint density at radius 1 is 1.07 bits per heavy atom. The van der Waals surface area contributed by atoms with E-state index in [4.69, 9.17) is 4.74 Å². The molecule has 3 rings (SSSR count). The highest BCUT2D eigenvalue weighted by Gasteiger charge is 2.42. The van der Waals surface area contributed by atoms with Gasteiger partial charge in [-0.15, -0.1) is 0 Å². The Labute approximate surface area is 161 Å². The molecule has 0 unspecified atom stereocenters. The van der Waals surface area contributed by atoms with Crippen molar-refractivity contribution in [2.75, 3.05) is 38.2 Å². The molecule has 27 heavy (non-hydrogen) atoms. The molecule has 6 heteroatoms. The fourth-order valence-electron chi connectivity index (χ4n) is 4.46. The van der Waals surface area contributed by atoms with Crippen molar-refractivity contribution in [1.29, 1.82) is 0 Å². The first kappa shape index (κ1) is 19.8. The number of ether oxygens (including phenoxy) is 1. The van der Waals surface area contributed by atoms with Crippen LogP contribution in [0, 0.1) is 0 Å². The molecule has 0 spiro atoms. The van der Waals surface area contributed by atoms with E-state index in [9.17, 15) is 9.59 Å². The second kappa shape index (κ2) is 9.33. The Kier molecular flexibility index (Phi) is 6.85. The quantitative estimate of drug-likeness (QED) is 0.693. The van der Waals surface area contributed by atoms with Crippen LogP contribution >= 0.6 is 0 Å². The van der Waals surface area contributed by atoms with Gasteiger partial charge in [-0.3, -0.25) is 9.59 Å². The van der Waals surface area contributed by atoms with Gasteiger partial charge in [0.05, 0.1) is 26.2 Å². The van der Waals surface area contributed by atoms with Crippen LogP contribution in [0.4, 0.5) is 5.69 Å². The van der Waals surface area contributed by atoms with Gasteiger partial charge in [0.1, 0.15) is 18.6 Å². The summed E-state index contributed by atoms with van der Waals surface area (Å²) in [6.07, 6.45) is 6.56. The van der Waals surface area contributed by atoms with Crippen molar-refractivity contribution < 1.29 is 19.2 Å². The van der Waals surface area contributed by atoms with Crippen molar-refractivity contribution in [3.8, 4) is 0 Å². The molecule has 2 aliphatic rings. The second-order valence-electron chi connectivity index (χ2n) is 7.89. The molecule has 2 amide bonds. The van der Waals surface area contributed by atoms with Crippen molar-refractivity contribution in [3.63, 3.8) is 0 Å². The lowest BCUT2D eigenvalue weighted by Crippen LogP contribution is -3.23. The standard InChI is InChI=1S/C21H31N3O3/c1-17(25)23-19-7-5-18(6-8-19)15-20(26)22-16-21(9-3-2-4-10-21)24-11-13-27-14-12-24/h5-8H,2-4,9-16H2,1H3,(H,22,26)(H,23,25)/p+1. The van der Waals surface area contributed by atoms with Gasteiger partial charge in [-0.1, -0.05) is 18.6 Å². The van der Waals surface area contributed by atoms with Crippen molar-refractivity contribution in [1.82, 2.24) is 5.32 Å². The summed E-state index contributed by atoms with van der Waals surface area (Å²) in [5.74, 6) is -0.0243. The molecule has 1 aromatic rings. The van der Waals surface area contributed by atoms with E-state index >= 15 is 0 Å². The van der Waals surface area contributed by atoms with Crippen molar-refractivity contribution in [2.45, 2.75) is 51.0 Å². The number of carbonyl (C=O) groups is 2. The van der Waals surface area contributed by atoms with Crippen LogP contribution in [0.2, 0.25) is 0 Å².